The first-order chi connectivity index (χ1) is 7.27. The van der Waals surface area contributed by atoms with Crippen molar-refractivity contribution in [1.29, 1.82) is 0 Å². The van der Waals surface area contributed by atoms with Gasteiger partial charge in [-0.3, -0.25) is 9.69 Å². The monoisotopic (exact) mass is 223 g/mol. The van der Waals surface area contributed by atoms with Gasteiger partial charge in [0, 0.05) is 6.54 Å². The fourth-order valence-electron chi connectivity index (χ4n) is 2.09. The number of benzene rings is 1. The molecule has 80 valence electrons. The topological polar surface area (TPSA) is 20.3 Å². The quantitative estimate of drug-likeness (QED) is 0.734. The third-order valence-electron chi connectivity index (χ3n) is 2.85. The Hall–Kier alpha value is -0.860. The minimum atomic E-state index is -0.219. The molecule has 1 heterocycles. The van der Waals surface area contributed by atoms with Gasteiger partial charge in [-0.2, -0.15) is 0 Å². The molecule has 0 bridgehead atoms. The Kier molecular flexibility index (Phi) is 3.39. The number of carbonyl (C=O) groups is 1. The van der Waals surface area contributed by atoms with Crippen molar-refractivity contribution in [3.63, 3.8) is 0 Å². The summed E-state index contributed by atoms with van der Waals surface area (Å²) in [7, 11) is 0. The number of likely N-dealkylation sites (tertiary alicyclic amines) is 1. The Labute approximate surface area is 94.8 Å². The molecule has 1 aliphatic heterocycles. The highest BCUT2D eigenvalue weighted by molar-refractivity contribution is 6.64. The van der Waals surface area contributed by atoms with Crippen LogP contribution in [0.15, 0.2) is 30.3 Å². The Morgan fingerprint density at radius 3 is 2.80 bits per heavy atom. The van der Waals surface area contributed by atoms with Gasteiger partial charge in [-0.05, 0) is 36.6 Å². The van der Waals surface area contributed by atoms with Gasteiger partial charge in [-0.25, -0.2) is 0 Å². The molecule has 3 heteroatoms. The van der Waals surface area contributed by atoms with E-state index in [1.807, 2.05) is 18.2 Å². The zero-order valence-corrected chi connectivity index (χ0v) is 9.28. The van der Waals surface area contributed by atoms with Crippen molar-refractivity contribution in [2.45, 2.75) is 25.4 Å². The zero-order chi connectivity index (χ0) is 10.7. The average Bonchev–Trinajstić information content (AvgIpc) is 2.67. The number of nitrogens with zero attached hydrogens (tertiary/aromatic N) is 1. The maximum Gasteiger partial charge on any atom is 0.238 e. The van der Waals surface area contributed by atoms with Gasteiger partial charge in [0.1, 0.15) is 0 Å². The molecule has 2 rings (SSSR count). The molecule has 0 spiro atoms. The van der Waals surface area contributed by atoms with Gasteiger partial charge < -0.3 is 0 Å². The molecule has 0 N–H and O–H groups in total. The molecule has 0 unspecified atom stereocenters. The lowest BCUT2D eigenvalue weighted by molar-refractivity contribution is -0.115. The van der Waals surface area contributed by atoms with E-state index in [9.17, 15) is 4.79 Å². The first-order valence-corrected chi connectivity index (χ1v) is 5.62. The fraction of sp³-hybridized carbons (Fsp3) is 0.417. The molecule has 1 saturated heterocycles. The van der Waals surface area contributed by atoms with Gasteiger partial charge >= 0.3 is 0 Å². The second-order valence-corrected chi connectivity index (χ2v) is 4.29. The van der Waals surface area contributed by atoms with Crippen LogP contribution in [0.3, 0.4) is 0 Å². The first-order valence-electron chi connectivity index (χ1n) is 5.24. The van der Waals surface area contributed by atoms with E-state index in [-0.39, 0.29) is 11.3 Å². The molecule has 0 amide bonds. The third-order valence-corrected chi connectivity index (χ3v) is 3.11. The molecule has 1 aromatic rings. The molecule has 0 radical (unpaired) electrons. The summed E-state index contributed by atoms with van der Waals surface area (Å²) in [5.74, 6) is 0. The van der Waals surface area contributed by atoms with Gasteiger partial charge in [0.15, 0.2) is 0 Å². The van der Waals surface area contributed by atoms with Crippen LogP contribution >= 0.6 is 11.6 Å². The number of rotatable bonds is 3. The summed E-state index contributed by atoms with van der Waals surface area (Å²) < 4.78 is 0. The largest absolute Gasteiger partial charge is 0.288 e. The standard InChI is InChI=1S/C12H14ClNO/c13-12(15)11-7-4-8-14(11)9-10-5-2-1-3-6-10/h1-3,5-6,11H,4,7-9H2/t11-/m1/s1. The van der Waals surface area contributed by atoms with Crippen molar-refractivity contribution < 1.29 is 4.79 Å². The Balaban J connectivity index is 2.03. The van der Waals surface area contributed by atoms with Crippen LogP contribution < -0.4 is 0 Å². The van der Waals surface area contributed by atoms with Crippen molar-refractivity contribution in [2.24, 2.45) is 0 Å². The van der Waals surface area contributed by atoms with Crippen molar-refractivity contribution >= 4 is 16.8 Å². The molecule has 1 aliphatic rings. The maximum atomic E-state index is 11.2. The molecule has 0 aliphatic carbocycles. The van der Waals surface area contributed by atoms with Gasteiger partial charge in [-0.1, -0.05) is 30.3 Å². The van der Waals surface area contributed by atoms with Crippen LogP contribution in [-0.4, -0.2) is 22.7 Å². The molecule has 0 aromatic heterocycles. The van der Waals surface area contributed by atoms with Crippen molar-refractivity contribution in [1.82, 2.24) is 4.90 Å². The molecule has 0 saturated carbocycles. The molecule has 1 atom stereocenters. The predicted molar refractivity (Wildman–Crippen MR) is 60.7 cm³/mol. The summed E-state index contributed by atoms with van der Waals surface area (Å²) in [4.78, 5) is 13.3. The van der Waals surface area contributed by atoms with Crippen molar-refractivity contribution in [3.8, 4) is 0 Å². The lowest BCUT2D eigenvalue weighted by Gasteiger charge is -2.21. The van der Waals surface area contributed by atoms with E-state index < -0.39 is 0 Å². The number of halogens is 1. The van der Waals surface area contributed by atoms with Gasteiger partial charge in [0.05, 0.1) is 6.04 Å². The van der Waals surface area contributed by atoms with E-state index in [2.05, 4.69) is 17.0 Å². The summed E-state index contributed by atoms with van der Waals surface area (Å²) >= 11 is 5.56. The lowest BCUT2D eigenvalue weighted by atomic mass is 10.2. The Bertz CT molecular complexity index is 339. The SMILES string of the molecule is O=C(Cl)[C@H]1CCCN1Cc1ccccc1. The Morgan fingerprint density at radius 2 is 2.13 bits per heavy atom. The van der Waals surface area contributed by atoms with Crippen LogP contribution in [0.25, 0.3) is 0 Å². The van der Waals surface area contributed by atoms with E-state index in [1.165, 1.54) is 5.56 Å². The Morgan fingerprint density at radius 1 is 1.40 bits per heavy atom. The summed E-state index contributed by atoms with van der Waals surface area (Å²) in [6, 6.07) is 10.1. The van der Waals surface area contributed by atoms with Crippen LogP contribution in [-0.2, 0) is 11.3 Å². The van der Waals surface area contributed by atoms with Crippen LogP contribution in [0, 0.1) is 0 Å². The third kappa shape index (κ3) is 2.58. The van der Waals surface area contributed by atoms with E-state index >= 15 is 0 Å². The van der Waals surface area contributed by atoms with Crippen LogP contribution in [0.2, 0.25) is 0 Å². The summed E-state index contributed by atoms with van der Waals surface area (Å²) in [6.07, 6.45) is 1.96. The molecular formula is C12H14ClNO. The summed E-state index contributed by atoms with van der Waals surface area (Å²) in [5.41, 5.74) is 1.24. The second-order valence-electron chi connectivity index (χ2n) is 3.92. The maximum absolute atomic E-state index is 11.2. The molecule has 15 heavy (non-hydrogen) atoms. The van der Waals surface area contributed by atoms with Crippen LogP contribution in [0.1, 0.15) is 18.4 Å². The van der Waals surface area contributed by atoms with Gasteiger partial charge in [0.2, 0.25) is 5.24 Å². The molecular weight excluding hydrogens is 210 g/mol. The highest BCUT2D eigenvalue weighted by Crippen LogP contribution is 2.21. The fourth-order valence-corrected chi connectivity index (χ4v) is 2.34. The van der Waals surface area contributed by atoms with Crippen molar-refractivity contribution in [2.75, 3.05) is 6.54 Å². The first kappa shape index (κ1) is 10.7. The van der Waals surface area contributed by atoms with Crippen LogP contribution in [0.5, 0.6) is 0 Å². The molecule has 1 fully saturated rings. The highest BCUT2D eigenvalue weighted by Gasteiger charge is 2.29. The lowest BCUT2D eigenvalue weighted by Crippen LogP contribution is -2.33. The zero-order valence-electron chi connectivity index (χ0n) is 8.53. The normalized spacial score (nSPS) is 21.8. The highest BCUT2D eigenvalue weighted by atomic mass is 35.5. The summed E-state index contributed by atoms with van der Waals surface area (Å²) in [5, 5.41) is -0.219. The van der Waals surface area contributed by atoms with E-state index in [0.29, 0.717) is 0 Å². The van der Waals surface area contributed by atoms with Crippen molar-refractivity contribution in [3.05, 3.63) is 35.9 Å². The minimum Gasteiger partial charge on any atom is -0.288 e. The number of hydrogen-bond donors (Lipinski definition) is 0. The number of carbonyl (C=O) groups excluding carboxylic acids is 1. The second kappa shape index (κ2) is 4.77. The number of hydrogen-bond acceptors (Lipinski definition) is 2. The van der Waals surface area contributed by atoms with E-state index in [0.717, 1.165) is 25.9 Å². The molecule has 1 aromatic carbocycles. The van der Waals surface area contributed by atoms with E-state index in [4.69, 9.17) is 11.6 Å². The van der Waals surface area contributed by atoms with Crippen LogP contribution in [0.4, 0.5) is 0 Å². The van der Waals surface area contributed by atoms with E-state index in [1.54, 1.807) is 0 Å². The molecule has 2 nitrogen and oxygen atoms in total. The average molecular weight is 224 g/mol. The minimum absolute atomic E-state index is 0.0770. The smallest absolute Gasteiger partial charge is 0.238 e. The predicted octanol–water partition coefficient (Wildman–Crippen LogP) is 2.42. The van der Waals surface area contributed by atoms with Gasteiger partial charge in [-0.15, -0.1) is 0 Å². The summed E-state index contributed by atoms with van der Waals surface area (Å²) in [6.45, 7) is 1.79. The van der Waals surface area contributed by atoms with Gasteiger partial charge in [0.25, 0.3) is 0 Å².